The topological polar surface area (TPSA) is 82.1 Å². The van der Waals surface area contributed by atoms with Crippen molar-refractivity contribution >= 4 is 34.5 Å². The summed E-state index contributed by atoms with van der Waals surface area (Å²) in [6.07, 6.45) is -3.78. The van der Waals surface area contributed by atoms with Gasteiger partial charge in [-0.3, -0.25) is 0 Å². The second-order valence-corrected chi connectivity index (χ2v) is 7.59. The number of carbonyl (C=O) groups excluding carboxylic acids is 2. The molecule has 1 N–H and O–H groups in total. The van der Waals surface area contributed by atoms with Crippen molar-refractivity contribution in [3.63, 3.8) is 0 Å². The van der Waals surface area contributed by atoms with Crippen molar-refractivity contribution in [3.8, 4) is 0 Å². The lowest BCUT2D eigenvalue weighted by Crippen LogP contribution is -2.57. The Morgan fingerprint density at radius 3 is 1.81 bits per heavy atom. The standard InChI is InChI=1S/C20H19IO6/c1-12-15(21)16(26-18(22)13-8-4-2-5-9-13)17(20(24)25-12)27-19(23)14-10-6-3-7-11-14/h2-12,15-17,20,24H,1H3/t12-,15-,16-,17+,20-/m0/s1. The number of alkyl halides is 1. The number of halogens is 1. The third-order valence-electron chi connectivity index (χ3n) is 4.23. The van der Waals surface area contributed by atoms with Crippen LogP contribution in [0.15, 0.2) is 60.7 Å². The van der Waals surface area contributed by atoms with Crippen molar-refractivity contribution in [2.24, 2.45) is 0 Å². The van der Waals surface area contributed by atoms with Crippen LogP contribution in [0.5, 0.6) is 0 Å². The fourth-order valence-electron chi connectivity index (χ4n) is 2.77. The van der Waals surface area contributed by atoms with E-state index in [4.69, 9.17) is 14.2 Å². The van der Waals surface area contributed by atoms with E-state index in [0.717, 1.165) is 0 Å². The normalized spacial score (nSPS) is 27.6. The number of aliphatic hydroxyl groups excluding tert-OH is 1. The van der Waals surface area contributed by atoms with Gasteiger partial charge in [-0.25, -0.2) is 9.59 Å². The molecule has 2 aromatic carbocycles. The monoisotopic (exact) mass is 482 g/mol. The zero-order chi connectivity index (χ0) is 19.4. The Labute approximate surface area is 170 Å². The first-order valence-corrected chi connectivity index (χ1v) is 9.71. The van der Waals surface area contributed by atoms with E-state index in [1.165, 1.54) is 0 Å². The molecule has 0 saturated carbocycles. The molecule has 0 aromatic heterocycles. The van der Waals surface area contributed by atoms with Gasteiger partial charge in [-0.15, -0.1) is 0 Å². The molecule has 1 heterocycles. The lowest BCUT2D eigenvalue weighted by atomic mass is 10.0. The quantitative estimate of drug-likeness (QED) is 0.410. The fourth-order valence-corrected chi connectivity index (χ4v) is 3.50. The maximum Gasteiger partial charge on any atom is 0.338 e. The number of hydrogen-bond donors (Lipinski definition) is 1. The molecular formula is C20H19IO6. The lowest BCUT2D eigenvalue weighted by molar-refractivity contribution is -0.237. The van der Waals surface area contributed by atoms with Gasteiger partial charge in [0, 0.05) is 0 Å². The van der Waals surface area contributed by atoms with E-state index in [0.29, 0.717) is 11.1 Å². The molecule has 0 bridgehead atoms. The summed E-state index contributed by atoms with van der Waals surface area (Å²) in [5.41, 5.74) is 0.712. The Kier molecular flexibility index (Phi) is 6.46. The molecule has 1 fully saturated rings. The first-order chi connectivity index (χ1) is 13.0. The first-order valence-electron chi connectivity index (χ1n) is 8.47. The van der Waals surface area contributed by atoms with Crippen LogP contribution in [0.2, 0.25) is 0 Å². The summed E-state index contributed by atoms with van der Waals surface area (Å²) in [7, 11) is 0. The molecule has 1 aliphatic heterocycles. The third-order valence-corrected chi connectivity index (χ3v) is 5.95. The van der Waals surface area contributed by atoms with Crippen LogP contribution in [0.25, 0.3) is 0 Å². The molecule has 0 radical (unpaired) electrons. The molecule has 3 rings (SSSR count). The van der Waals surface area contributed by atoms with Crippen LogP contribution in [0.3, 0.4) is 0 Å². The average Bonchev–Trinajstić information content (AvgIpc) is 2.69. The second kappa shape index (κ2) is 8.81. The van der Waals surface area contributed by atoms with Crippen molar-refractivity contribution in [1.29, 1.82) is 0 Å². The summed E-state index contributed by atoms with van der Waals surface area (Å²) >= 11 is 2.08. The van der Waals surface area contributed by atoms with Crippen LogP contribution >= 0.6 is 22.6 Å². The Bertz CT molecular complexity index is 782. The predicted octanol–water partition coefficient (Wildman–Crippen LogP) is 2.98. The summed E-state index contributed by atoms with van der Waals surface area (Å²) < 4.78 is 16.2. The minimum absolute atomic E-state index is 0.313. The Hall–Kier alpha value is -1.97. The highest BCUT2D eigenvalue weighted by Crippen LogP contribution is 2.31. The van der Waals surface area contributed by atoms with Crippen LogP contribution < -0.4 is 0 Å². The van der Waals surface area contributed by atoms with Crippen molar-refractivity contribution in [2.45, 2.75) is 35.5 Å². The van der Waals surface area contributed by atoms with E-state index in [-0.39, 0.29) is 10.0 Å². The van der Waals surface area contributed by atoms with E-state index in [2.05, 4.69) is 22.6 Å². The minimum atomic E-state index is -1.40. The molecule has 0 amide bonds. The molecule has 0 aliphatic carbocycles. The molecule has 5 atom stereocenters. The number of carbonyl (C=O) groups is 2. The summed E-state index contributed by atoms with van der Waals surface area (Å²) in [6.45, 7) is 1.76. The molecule has 7 heteroatoms. The second-order valence-electron chi connectivity index (χ2n) is 6.15. The zero-order valence-electron chi connectivity index (χ0n) is 14.5. The highest BCUT2D eigenvalue weighted by molar-refractivity contribution is 14.1. The number of aliphatic hydroxyl groups is 1. The molecular weight excluding hydrogens is 463 g/mol. The molecule has 1 aliphatic rings. The van der Waals surface area contributed by atoms with E-state index in [9.17, 15) is 14.7 Å². The van der Waals surface area contributed by atoms with Gasteiger partial charge in [-0.1, -0.05) is 59.0 Å². The van der Waals surface area contributed by atoms with Crippen LogP contribution in [-0.2, 0) is 14.2 Å². The van der Waals surface area contributed by atoms with Crippen molar-refractivity contribution < 1.29 is 28.9 Å². The van der Waals surface area contributed by atoms with Crippen LogP contribution in [0.1, 0.15) is 27.6 Å². The molecule has 0 spiro atoms. The number of esters is 2. The summed E-state index contributed by atoms with van der Waals surface area (Å²) in [6, 6.07) is 16.9. The van der Waals surface area contributed by atoms with Gasteiger partial charge in [0.2, 0.25) is 0 Å². The molecule has 6 nitrogen and oxygen atoms in total. The summed E-state index contributed by atoms with van der Waals surface area (Å²) in [5.74, 6) is -1.17. The molecule has 142 valence electrons. The van der Waals surface area contributed by atoms with E-state index >= 15 is 0 Å². The zero-order valence-corrected chi connectivity index (χ0v) is 16.7. The maximum absolute atomic E-state index is 12.5. The van der Waals surface area contributed by atoms with Crippen molar-refractivity contribution in [1.82, 2.24) is 0 Å². The van der Waals surface area contributed by atoms with Gasteiger partial charge in [-0.05, 0) is 31.2 Å². The molecule has 27 heavy (non-hydrogen) atoms. The smallest absolute Gasteiger partial charge is 0.338 e. The summed E-state index contributed by atoms with van der Waals surface area (Å²) in [5, 5.41) is 10.3. The van der Waals surface area contributed by atoms with Gasteiger partial charge in [0.1, 0.15) is 0 Å². The number of rotatable bonds is 4. The van der Waals surface area contributed by atoms with Gasteiger partial charge < -0.3 is 19.3 Å². The fraction of sp³-hybridized carbons (Fsp3) is 0.300. The Balaban J connectivity index is 1.80. The molecule has 0 unspecified atom stereocenters. The van der Waals surface area contributed by atoms with Gasteiger partial charge in [-0.2, -0.15) is 0 Å². The Morgan fingerprint density at radius 1 is 0.889 bits per heavy atom. The van der Waals surface area contributed by atoms with E-state index in [1.807, 2.05) is 0 Å². The molecule has 2 aromatic rings. The average molecular weight is 482 g/mol. The third kappa shape index (κ3) is 4.66. The first kappa shape index (κ1) is 19.8. The maximum atomic E-state index is 12.5. The van der Waals surface area contributed by atoms with E-state index in [1.54, 1.807) is 67.6 Å². The number of hydrogen-bond acceptors (Lipinski definition) is 6. The van der Waals surface area contributed by atoms with Gasteiger partial charge in [0.05, 0.1) is 21.2 Å². The predicted molar refractivity (Wildman–Crippen MR) is 106 cm³/mol. The SMILES string of the molecule is C[C@@H]1O[C@H](O)[C@H](OC(=O)c2ccccc2)[C@@H](OC(=O)c2ccccc2)[C@H]1I. The van der Waals surface area contributed by atoms with Gasteiger partial charge >= 0.3 is 11.9 Å². The Morgan fingerprint density at radius 2 is 1.33 bits per heavy atom. The number of benzene rings is 2. The minimum Gasteiger partial charge on any atom is -0.453 e. The highest BCUT2D eigenvalue weighted by atomic mass is 127. The number of ether oxygens (including phenoxy) is 3. The van der Waals surface area contributed by atoms with Crippen molar-refractivity contribution in [3.05, 3.63) is 71.8 Å². The van der Waals surface area contributed by atoms with Crippen molar-refractivity contribution in [2.75, 3.05) is 0 Å². The van der Waals surface area contributed by atoms with Crippen LogP contribution in [0, 0.1) is 0 Å². The van der Waals surface area contributed by atoms with Gasteiger partial charge in [0.25, 0.3) is 0 Å². The molecule has 1 saturated heterocycles. The largest absolute Gasteiger partial charge is 0.453 e. The van der Waals surface area contributed by atoms with Crippen LogP contribution in [-0.4, -0.2) is 45.6 Å². The van der Waals surface area contributed by atoms with E-state index < -0.39 is 30.4 Å². The van der Waals surface area contributed by atoms with Gasteiger partial charge in [0.15, 0.2) is 18.5 Å². The lowest BCUT2D eigenvalue weighted by Gasteiger charge is -2.40. The summed E-state index contributed by atoms with van der Waals surface area (Å²) in [4.78, 5) is 24.9. The highest BCUT2D eigenvalue weighted by Gasteiger charge is 2.47. The van der Waals surface area contributed by atoms with Crippen LogP contribution in [0.4, 0.5) is 0 Å².